The predicted molar refractivity (Wildman–Crippen MR) is 103 cm³/mol. The summed E-state index contributed by atoms with van der Waals surface area (Å²) in [4.78, 5) is 14.5. The lowest BCUT2D eigenvalue weighted by atomic mass is 10.2. The van der Waals surface area contributed by atoms with Gasteiger partial charge in [0.2, 0.25) is 15.9 Å². The highest BCUT2D eigenvalue weighted by Crippen LogP contribution is 2.15. The Balaban J connectivity index is 1.53. The van der Waals surface area contributed by atoms with Gasteiger partial charge in [-0.05, 0) is 62.3 Å². The second kappa shape index (κ2) is 9.16. The molecule has 0 aliphatic carbocycles. The second-order valence-corrected chi connectivity index (χ2v) is 8.43. The molecule has 0 spiro atoms. The molecule has 1 fully saturated rings. The molecule has 1 aromatic carbocycles. The first-order valence-corrected chi connectivity index (χ1v) is 10.7. The number of rotatable bonds is 7. The van der Waals surface area contributed by atoms with Crippen LogP contribution in [0.4, 0.5) is 5.69 Å². The molecule has 0 atom stereocenters. The summed E-state index contributed by atoms with van der Waals surface area (Å²) in [5, 5.41) is 2.83. The molecule has 8 heteroatoms. The molecule has 2 heterocycles. The van der Waals surface area contributed by atoms with Gasteiger partial charge < -0.3 is 9.73 Å². The normalized spacial score (nSPS) is 16.0. The first-order chi connectivity index (χ1) is 13.0. The van der Waals surface area contributed by atoms with Gasteiger partial charge in [0.25, 0.3) is 0 Å². The van der Waals surface area contributed by atoms with Crippen molar-refractivity contribution in [3.63, 3.8) is 0 Å². The van der Waals surface area contributed by atoms with E-state index in [0.717, 1.165) is 25.9 Å². The molecule has 146 valence electrons. The quantitative estimate of drug-likeness (QED) is 0.757. The molecule has 1 amide bonds. The van der Waals surface area contributed by atoms with E-state index in [1.807, 2.05) is 0 Å². The lowest BCUT2D eigenvalue weighted by molar-refractivity contribution is -0.117. The average Bonchev–Trinajstić information content (AvgIpc) is 3.05. The van der Waals surface area contributed by atoms with Gasteiger partial charge in [-0.2, -0.15) is 0 Å². The fourth-order valence-corrected chi connectivity index (χ4v) is 4.07. The van der Waals surface area contributed by atoms with E-state index in [-0.39, 0.29) is 17.3 Å². The molecule has 1 aromatic heterocycles. The number of sulfonamides is 1. The Morgan fingerprint density at radius 2 is 1.74 bits per heavy atom. The predicted octanol–water partition coefficient (Wildman–Crippen LogP) is 2.57. The van der Waals surface area contributed by atoms with Crippen LogP contribution in [0.15, 0.2) is 52.0 Å². The molecule has 1 saturated heterocycles. The molecule has 1 aliphatic rings. The van der Waals surface area contributed by atoms with E-state index in [1.54, 1.807) is 24.3 Å². The average molecular weight is 391 g/mol. The fraction of sp³-hybridized carbons (Fsp3) is 0.421. The minimum absolute atomic E-state index is 0.0801. The van der Waals surface area contributed by atoms with E-state index in [2.05, 4.69) is 14.9 Å². The second-order valence-electron chi connectivity index (χ2n) is 6.67. The Hall–Kier alpha value is -2.16. The van der Waals surface area contributed by atoms with Crippen LogP contribution >= 0.6 is 0 Å². The van der Waals surface area contributed by atoms with E-state index < -0.39 is 10.0 Å². The molecule has 0 radical (unpaired) electrons. The standard InChI is InChI=1S/C19H25N3O4S/c23-19(15-22-11-3-1-2-4-12-22)21-16-7-9-18(10-8-16)27(24,25)20-14-17-6-5-13-26-17/h5-10,13,20H,1-4,11-12,14-15H2,(H,21,23). The van der Waals surface area contributed by atoms with Crippen LogP contribution in [0.2, 0.25) is 0 Å². The van der Waals surface area contributed by atoms with E-state index in [0.29, 0.717) is 18.0 Å². The number of likely N-dealkylation sites (tertiary alicyclic amines) is 1. The van der Waals surface area contributed by atoms with Gasteiger partial charge in [-0.1, -0.05) is 12.8 Å². The van der Waals surface area contributed by atoms with Crippen molar-refractivity contribution in [1.82, 2.24) is 9.62 Å². The third kappa shape index (κ3) is 5.92. The highest BCUT2D eigenvalue weighted by atomic mass is 32.2. The van der Waals surface area contributed by atoms with Crippen molar-refractivity contribution in [2.24, 2.45) is 0 Å². The van der Waals surface area contributed by atoms with Crippen LogP contribution in [0.5, 0.6) is 0 Å². The Bertz CT molecular complexity index is 824. The number of anilines is 1. The van der Waals surface area contributed by atoms with Crippen LogP contribution in [-0.4, -0.2) is 38.9 Å². The number of hydrogen-bond donors (Lipinski definition) is 2. The number of hydrogen-bond acceptors (Lipinski definition) is 5. The third-order valence-corrected chi connectivity index (χ3v) is 5.95. The van der Waals surface area contributed by atoms with Crippen molar-refractivity contribution in [3.8, 4) is 0 Å². The molecule has 0 unspecified atom stereocenters. The zero-order valence-corrected chi connectivity index (χ0v) is 16.0. The largest absolute Gasteiger partial charge is 0.468 e. The number of nitrogens with zero attached hydrogens (tertiary/aromatic N) is 1. The van der Waals surface area contributed by atoms with E-state index in [9.17, 15) is 13.2 Å². The zero-order chi connectivity index (χ0) is 19.1. The lowest BCUT2D eigenvalue weighted by Crippen LogP contribution is -2.33. The third-order valence-electron chi connectivity index (χ3n) is 4.53. The van der Waals surface area contributed by atoms with Gasteiger partial charge in [-0.25, -0.2) is 13.1 Å². The Kier molecular flexibility index (Phi) is 6.65. The summed E-state index contributed by atoms with van der Waals surface area (Å²) in [5.74, 6) is 0.458. The van der Waals surface area contributed by atoms with Gasteiger partial charge in [0.1, 0.15) is 5.76 Å². The molecule has 7 nitrogen and oxygen atoms in total. The number of carbonyl (C=O) groups is 1. The van der Waals surface area contributed by atoms with Crippen LogP contribution in [0.3, 0.4) is 0 Å². The zero-order valence-electron chi connectivity index (χ0n) is 15.2. The molecule has 0 saturated carbocycles. The first kappa shape index (κ1) is 19.6. The van der Waals surface area contributed by atoms with Gasteiger partial charge in [0.15, 0.2) is 0 Å². The van der Waals surface area contributed by atoms with Crippen molar-refractivity contribution in [2.75, 3.05) is 25.0 Å². The van der Waals surface area contributed by atoms with Gasteiger partial charge in [0, 0.05) is 5.69 Å². The molecule has 1 aliphatic heterocycles. The maximum absolute atomic E-state index is 12.3. The van der Waals surface area contributed by atoms with Crippen LogP contribution in [0.25, 0.3) is 0 Å². The summed E-state index contributed by atoms with van der Waals surface area (Å²) in [6, 6.07) is 9.56. The monoisotopic (exact) mass is 391 g/mol. The van der Waals surface area contributed by atoms with Gasteiger partial charge in [-0.15, -0.1) is 0 Å². The van der Waals surface area contributed by atoms with Crippen molar-refractivity contribution in [2.45, 2.75) is 37.1 Å². The Labute approximate surface area is 159 Å². The molecular formula is C19H25N3O4S. The van der Waals surface area contributed by atoms with Gasteiger partial charge in [0.05, 0.1) is 24.2 Å². The Morgan fingerprint density at radius 1 is 1.04 bits per heavy atom. The summed E-state index contributed by atoms with van der Waals surface area (Å²) in [7, 11) is -3.64. The Morgan fingerprint density at radius 3 is 2.37 bits per heavy atom. The summed E-state index contributed by atoms with van der Waals surface area (Å²) < 4.78 is 32.2. The van der Waals surface area contributed by atoms with E-state index >= 15 is 0 Å². The smallest absolute Gasteiger partial charge is 0.240 e. The number of nitrogens with one attached hydrogen (secondary N) is 2. The lowest BCUT2D eigenvalue weighted by Gasteiger charge is -2.19. The maximum Gasteiger partial charge on any atom is 0.240 e. The minimum atomic E-state index is -3.64. The number of benzene rings is 1. The fourth-order valence-electron chi connectivity index (χ4n) is 3.08. The summed E-state index contributed by atoms with van der Waals surface area (Å²) in [6.07, 6.45) is 6.20. The number of carbonyl (C=O) groups excluding carboxylic acids is 1. The van der Waals surface area contributed by atoms with Gasteiger partial charge in [-0.3, -0.25) is 9.69 Å². The summed E-state index contributed by atoms with van der Waals surface area (Å²) >= 11 is 0. The molecule has 2 aromatic rings. The number of furan rings is 1. The molecule has 2 N–H and O–H groups in total. The van der Waals surface area contributed by atoms with E-state index in [4.69, 9.17) is 4.42 Å². The van der Waals surface area contributed by atoms with Crippen molar-refractivity contribution in [3.05, 3.63) is 48.4 Å². The van der Waals surface area contributed by atoms with Crippen LogP contribution < -0.4 is 10.0 Å². The summed E-state index contributed by atoms with van der Waals surface area (Å²) in [5.41, 5.74) is 0.583. The highest BCUT2D eigenvalue weighted by molar-refractivity contribution is 7.89. The van der Waals surface area contributed by atoms with Gasteiger partial charge >= 0.3 is 0 Å². The van der Waals surface area contributed by atoms with Crippen molar-refractivity contribution >= 4 is 21.6 Å². The highest BCUT2D eigenvalue weighted by Gasteiger charge is 2.16. The number of amides is 1. The van der Waals surface area contributed by atoms with Crippen LogP contribution in [0, 0.1) is 0 Å². The molecular weight excluding hydrogens is 366 g/mol. The first-order valence-electron chi connectivity index (χ1n) is 9.17. The minimum Gasteiger partial charge on any atom is -0.468 e. The maximum atomic E-state index is 12.3. The SMILES string of the molecule is O=C(CN1CCCCCC1)Nc1ccc(S(=O)(=O)NCc2ccco2)cc1. The van der Waals surface area contributed by atoms with Crippen molar-refractivity contribution in [1.29, 1.82) is 0 Å². The molecule has 0 bridgehead atoms. The van der Waals surface area contributed by atoms with E-state index in [1.165, 1.54) is 31.2 Å². The topological polar surface area (TPSA) is 91.7 Å². The van der Waals surface area contributed by atoms with Crippen LogP contribution in [0.1, 0.15) is 31.4 Å². The van der Waals surface area contributed by atoms with Crippen LogP contribution in [-0.2, 0) is 21.4 Å². The summed E-state index contributed by atoms with van der Waals surface area (Å²) in [6.45, 7) is 2.35. The molecule has 27 heavy (non-hydrogen) atoms. The molecule has 3 rings (SSSR count). The van der Waals surface area contributed by atoms with Crippen molar-refractivity contribution < 1.29 is 17.6 Å².